The summed E-state index contributed by atoms with van der Waals surface area (Å²) in [5.41, 5.74) is 0.00849. The van der Waals surface area contributed by atoms with Gasteiger partial charge in [-0.25, -0.2) is 14.4 Å². The van der Waals surface area contributed by atoms with E-state index >= 15 is 0 Å². The molecule has 1 N–H and O–H groups in total. The van der Waals surface area contributed by atoms with E-state index in [1.54, 1.807) is 18.2 Å². The molecule has 136 valence electrons. The van der Waals surface area contributed by atoms with Gasteiger partial charge in [0.25, 0.3) is 0 Å². The fourth-order valence-corrected chi connectivity index (χ4v) is 1.66. The first-order valence-corrected chi connectivity index (χ1v) is 7.03. The van der Waals surface area contributed by atoms with E-state index in [4.69, 9.17) is 9.84 Å². The minimum Gasteiger partial charge on any atom is -0.478 e. The molecule has 0 fully saturated rings. The van der Waals surface area contributed by atoms with E-state index in [0.717, 1.165) is 6.08 Å². The summed E-state index contributed by atoms with van der Waals surface area (Å²) in [6, 6.07) is 7.73. The second kappa shape index (κ2) is 8.86. The Morgan fingerprint density at radius 3 is 2.32 bits per heavy atom. The van der Waals surface area contributed by atoms with Gasteiger partial charge in [0.1, 0.15) is 6.10 Å². The largest absolute Gasteiger partial charge is 0.490 e. The summed E-state index contributed by atoms with van der Waals surface area (Å²) in [4.78, 5) is 33.5. The van der Waals surface area contributed by atoms with Crippen LogP contribution in [0.25, 0.3) is 0 Å². The van der Waals surface area contributed by atoms with Gasteiger partial charge in [-0.3, -0.25) is 0 Å². The van der Waals surface area contributed by atoms with Gasteiger partial charge in [-0.2, -0.15) is 13.2 Å². The number of hydrogen-bond donors (Lipinski definition) is 1. The average molecular weight is 360 g/mol. The van der Waals surface area contributed by atoms with E-state index in [0.29, 0.717) is 0 Å². The molecule has 0 spiro atoms. The molecule has 25 heavy (non-hydrogen) atoms. The molecule has 1 atom stereocenters. The maximum Gasteiger partial charge on any atom is 0.490 e. The number of carboxylic acid groups (broad SMARTS) is 1. The van der Waals surface area contributed by atoms with Crippen LogP contribution in [0.3, 0.4) is 0 Å². The first-order valence-electron chi connectivity index (χ1n) is 7.03. The second-order valence-electron chi connectivity index (χ2n) is 4.89. The Balaban J connectivity index is 2.76. The smallest absolute Gasteiger partial charge is 0.478 e. The van der Waals surface area contributed by atoms with Crippen LogP contribution in [0.1, 0.15) is 23.7 Å². The Morgan fingerprint density at radius 1 is 1.20 bits per heavy atom. The molecule has 0 bridgehead atoms. The maximum atomic E-state index is 12.1. The molecule has 6 nitrogen and oxygen atoms in total. The zero-order valence-corrected chi connectivity index (χ0v) is 13.1. The van der Waals surface area contributed by atoms with Crippen molar-refractivity contribution in [2.45, 2.75) is 25.6 Å². The number of aliphatic carboxylic acids is 1. The average Bonchev–Trinajstić information content (AvgIpc) is 2.54. The number of alkyl halides is 3. The van der Waals surface area contributed by atoms with E-state index in [-0.39, 0.29) is 17.6 Å². The maximum absolute atomic E-state index is 12.1. The fraction of sp³-hybridized carbons (Fsp3) is 0.312. The highest BCUT2D eigenvalue weighted by Crippen LogP contribution is 2.17. The predicted molar refractivity (Wildman–Crippen MR) is 78.7 cm³/mol. The van der Waals surface area contributed by atoms with Gasteiger partial charge in [-0.1, -0.05) is 18.2 Å². The molecule has 1 unspecified atom stereocenters. The number of benzene rings is 1. The van der Waals surface area contributed by atoms with Crippen molar-refractivity contribution < 1.29 is 42.1 Å². The van der Waals surface area contributed by atoms with Gasteiger partial charge >= 0.3 is 24.1 Å². The highest BCUT2D eigenvalue weighted by Gasteiger charge is 2.40. The van der Waals surface area contributed by atoms with Crippen molar-refractivity contribution in [2.24, 2.45) is 0 Å². The number of rotatable bonds is 7. The number of ether oxygens (including phenoxy) is 2. The van der Waals surface area contributed by atoms with Gasteiger partial charge in [-0.05, 0) is 25.1 Å². The van der Waals surface area contributed by atoms with Crippen molar-refractivity contribution in [2.75, 3.05) is 6.61 Å². The zero-order valence-electron chi connectivity index (χ0n) is 13.1. The predicted octanol–water partition coefficient (Wildman–Crippen LogP) is 2.74. The quantitative estimate of drug-likeness (QED) is 0.594. The van der Waals surface area contributed by atoms with Crippen LogP contribution < -0.4 is 0 Å². The van der Waals surface area contributed by atoms with Crippen LogP contribution in [0.15, 0.2) is 42.0 Å². The molecule has 0 amide bonds. The Bertz CT molecular complexity index is 652. The third-order valence-electron chi connectivity index (χ3n) is 2.91. The molecule has 1 aromatic carbocycles. The number of halogens is 3. The zero-order chi connectivity index (χ0) is 19.0. The van der Waals surface area contributed by atoms with E-state index < -0.39 is 36.8 Å². The van der Waals surface area contributed by atoms with Gasteiger partial charge in [-0.15, -0.1) is 0 Å². The highest BCUT2D eigenvalue weighted by molar-refractivity contribution is 5.90. The normalized spacial score (nSPS) is 13.0. The second-order valence-corrected chi connectivity index (χ2v) is 4.89. The lowest BCUT2D eigenvalue weighted by atomic mass is 10.1. The first kappa shape index (κ1) is 20.2. The van der Waals surface area contributed by atoms with Crippen LogP contribution in [-0.2, 0) is 19.1 Å². The Morgan fingerprint density at radius 2 is 1.80 bits per heavy atom. The van der Waals surface area contributed by atoms with E-state index in [1.165, 1.54) is 19.1 Å². The van der Waals surface area contributed by atoms with Gasteiger partial charge in [0.2, 0.25) is 0 Å². The topological polar surface area (TPSA) is 89.9 Å². The van der Waals surface area contributed by atoms with Gasteiger partial charge < -0.3 is 14.6 Å². The minimum atomic E-state index is -5.14. The lowest BCUT2D eigenvalue weighted by Crippen LogP contribution is -2.27. The van der Waals surface area contributed by atoms with Crippen molar-refractivity contribution in [3.05, 3.63) is 47.5 Å². The van der Waals surface area contributed by atoms with Gasteiger partial charge in [0, 0.05) is 12.0 Å². The number of carbonyl (C=O) groups is 3. The SMILES string of the molecule is CC(=CC(CCOC(=O)C(F)(F)F)OC(=O)c1ccccc1)C(=O)O. The molecule has 0 aliphatic heterocycles. The molecule has 0 aromatic heterocycles. The number of carbonyl (C=O) groups excluding carboxylic acids is 2. The Hall–Kier alpha value is -2.84. The van der Waals surface area contributed by atoms with E-state index in [9.17, 15) is 27.6 Å². The number of carboxylic acids is 1. The molecule has 0 saturated heterocycles. The van der Waals surface area contributed by atoms with Crippen LogP contribution >= 0.6 is 0 Å². The molecule has 0 saturated carbocycles. The van der Waals surface area contributed by atoms with Crippen LogP contribution in [0, 0.1) is 0 Å². The molecule has 9 heteroatoms. The van der Waals surface area contributed by atoms with Crippen molar-refractivity contribution in [3.63, 3.8) is 0 Å². The van der Waals surface area contributed by atoms with Crippen LogP contribution in [0.2, 0.25) is 0 Å². The fourth-order valence-electron chi connectivity index (χ4n) is 1.66. The number of hydrogen-bond acceptors (Lipinski definition) is 5. The van der Waals surface area contributed by atoms with E-state index in [1.807, 2.05) is 0 Å². The van der Waals surface area contributed by atoms with Crippen LogP contribution in [-0.4, -0.2) is 41.9 Å². The van der Waals surface area contributed by atoms with Crippen LogP contribution in [0.5, 0.6) is 0 Å². The summed E-state index contributed by atoms with van der Waals surface area (Å²) >= 11 is 0. The summed E-state index contributed by atoms with van der Waals surface area (Å²) in [7, 11) is 0. The molecule has 0 aliphatic rings. The third-order valence-corrected chi connectivity index (χ3v) is 2.91. The summed E-state index contributed by atoms with van der Waals surface area (Å²) in [5, 5.41) is 8.86. The molecule has 0 radical (unpaired) electrons. The molecule has 0 heterocycles. The molecule has 1 rings (SSSR count). The standard InChI is InChI=1S/C16H15F3O6/c1-10(13(20)21)9-12(7-8-24-15(23)16(17,18)19)25-14(22)11-5-3-2-4-6-11/h2-6,9,12H,7-8H2,1H3,(H,20,21). The highest BCUT2D eigenvalue weighted by atomic mass is 19.4. The first-order chi connectivity index (χ1) is 11.6. The third kappa shape index (κ3) is 7.06. The molecular weight excluding hydrogens is 345 g/mol. The van der Waals surface area contributed by atoms with E-state index in [2.05, 4.69) is 4.74 Å². The summed E-state index contributed by atoms with van der Waals surface area (Å²) in [5.74, 6) is -4.45. The van der Waals surface area contributed by atoms with Crippen molar-refractivity contribution in [1.29, 1.82) is 0 Å². The molecule has 0 aliphatic carbocycles. The van der Waals surface area contributed by atoms with Crippen molar-refractivity contribution in [3.8, 4) is 0 Å². The van der Waals surface area contributed by atoms with Crippen LogP contribution in [0.4, 0.5) is 13.2 Å². The monoisotopic (exact) mass is 360 g/mol. The molecule has 1 aromatic rings. The lowest BCUT2D eigenvalue weighted by Gasteiger charge is -2.15. The minimum absolute atomic E-state index is 0.173. The van der Waals surface area contributed by atoms with Gasteiger partial charge in [0.15, 0.2) is 0 Å². The molecular formula is C16H15F3O6. The number of esters is 2. The van der Waals surface area contributed by atoms with Crippen molar-refractivity contribution in [1.82, 2.24) is 0 Å². The van der Waals surface area contributed by atoms with Crippen molar-refractivity contribution >= 4 is 17.9 Å². The summed E-state index contributed by atoms with van der Waals surface area (Å²) < 4.78 is 45.3. The summed E-state index contributed by atoms with van der Waals surface area (Å²) in [6.07, 6.45) is -5.58. The Kier molecular flexibility index (Phi) is 7.16. The van der Waals surface area contributed by atoms with Gasteiger partial charge in [0.05, 0.1) is 12.2 Å². The summed E-state index contributed by atoms with van der Waals surface area (Å²) in [6.45, 7) is 0.530. The Labute approximate surface area is 140 Å². The lowest BCUT2D eigenvalue weighted by molar-refractivity contribution is -0.200.